The van der Waals surface area contributed by atoms with Crippen LogP contribution in [0.1, 0.15) is 10.4 Å². The summed E-state index contributed by atoms with van der Waals surface area (Å²) in [7, 11) is 0.840. The van der Waals surface area contributed by atoms with Crippen LogP contribution in [0.4, 0.5) is 11.4 Å². The number of amides is 1. The molecule has 4 rings (SSSR count). The van der Waals surface area contributed by atoms with E-state index >= 15 is 0 Å². The zero-order valence-electron chi connectivity index (χ0n) is 18.9. The summed E-state index contributed by atoms with van der Waals surface area (Å²) in [6, 6.07) is 15.8. The minimum absolute atomic E-state index is 0.0464. The second-order valence-corrected chi connectivity index (χ2v) is 9.07. The number of nitrogens with one attached hydrogen (secondary N) is 1. The highest BCUT2D eigenvalue weighted by atomic mass is 32.2. The van der Waals surface area contributed by atoms with Crippen molar-refractivity contribution in [1.82, 2.24) is 0 Å². The van der Waals surface area contributed by atoms with Gasteiger partial charge in [-0.15, -0.1) is 0 Å². The van der Waals surface area contributed by atoms with Crippen LogP contribution in [0.25, 0.3) is 0 Å². The fourth-order valence-electron chi connectivity index (χ4n) is 3.43. The first-order valence-corrected chi connectivity index (χ1v) is 11.8. The molecule has 0 fully saturated rings. The van der Waals surface area contributed by atoms with E-state index in [1.165, 1.54) is 43.4 Å². The highest BCUT2D eigenvalue weighted by Gasteiger charge is 2.20. The number of carbonyl (C=O) groups excluding carboxylic acids is 1. The third kappa shape index (κ3) is 4.72. The van der Waals surface area contributed by atoms with Crippen LogP contribution >= 0.6 is 0 Å². The number of fused-ring (bicyclic) bond motifs is 1. The van der Waals surface area contributed by atoms with E-state index < -0.39 is 10.0 Å². The molecule has 1 N–H and O–H groups in total. The zero-order valence-corrected chi connectivity index (χ0v) is 19.7. The Morgan fingerprint density at radius 2 is 1.56 bits per heavy atom. The van der Waals surface area contributed by atoms with Gasteiger partial charge in [0, 0.05) is 36.1 Å². The standard InChI is InChI=1S/C24H24N2O7S/c1-26(18-8-10-20(30-2)22(14-18)31-3)24(27)16-4-6-17(7-5-16)25-34(28,29)19-9-11-21-23(15-19)33-13-12-32-21/h4-11,14-15,25H,12-13H2,1-3H3. The summed E-state index contributed by atoms with van der Waals surface area (Å²) in [4.78, 5) is 14.5. The molecule has 0 spiro atoms. The third-order valence-corrected chi connectivity index (χ3v) is 6.65. The second-order valence-electron chi connectivity index (χ2n) is 7.39. The van der Waals surface area contributed by atoms with Crippen LogP contribution in [-0.2, 0) is 10.0 Å². The molecule has 0 aromatic heterocycles. The molecule has 0 atom stereocenters. The topological polar surface area (TPSA) is 103 Å². The molecule has 0 aliphatic carbocycles. The van der Waals surface area contributed by atoms with Crippen LogP contribution in [0.2, 0.25) is 0 Å². The zero-order chi connectivity index (χ0) is 24.3. The summed E-state index contributed by atoms with van der Waals surface area (Å²) in [5.41, 5.74) is 1.32. The molecule has 0 bridgehead atoms. The van der Waals surface area contributed by atoms with Gasteiger partial charge in [0.15, 0.2) is 23.0 Å². The SMILES string of the molecule is COc1ccc(N(C)C(=O)c2ccc(NS(=O)(=O)c3ccc4c(c3)OCCO4)cc2)cc1OC. The molecule has 1 heterocycles. The quantitative estimate of drug-likeness (QED) is 0.547. The maximum Gasteiger partial charge on any atom is 0.262 e. The molecule has 178 valence electrons. The van der Waals surface area contributed by atoms with Gasteiger partial charge in [-0.05, 0) is 48.5 Å². The van der Waals surface area contributed by atoms with Crippen molar-refractivity contribution in [3.05, 3.63) is 66.2 Å². The van der Waals surface area contributed by atoms with Gasteiger partial charge in [-0.1, -0.05) is 0 Å². The number of benzene rings is 3. The van der Waals surface area contributed by atoms with Crippen molar-refractivity contribution in [1.29, 1.82) is 0 Å². The Hall–Kier alpha value is -3.92. The van der Waals surface area contributed by atoms with Crippen molar-refractivity contribution in [2.45, 2.75) is 4.90 Å². The van der Waals surface area contributed by atoms with Gasteiger partial charge in [-0.3, -0.25) is 9.52 Å². The van der Waals surface area contributed by atoms with E-state index in [2.05, 4.69) is 4.72 Å². The van der Waals surface area contributed by atoms with Crippen LogP contribution in [-0.4, -0.2) is 48.8 Å². The van der Waals surface area contributed by atoms with E-state index in [4.69, 9.17) is 18.9 Å². The van der Waals surface area contributed by atoms with E-state index in [-0.39, 0.29) is 10.8 Å². The summed E-state index contributed by atoms with van der Waals surface area (Å²) in [6.07, 6.45) is 0. The molecule has 9 nitrogen and oxygen atoms in total. The summed E-state index contributed by atoms with van der Waals surface area (Å²) in [5, 5.41) is 0. The van der Waals surface area contributed by atoms with Crippen LogP contribution < -0.4 is 28.6 Å². The number of anilines is 2. The van der Waals surface area contributed by atoms with Crippen molar-refractivity contribution in [2.75, 3.05) is 44.1 Å². The Kier molecular flexibility index (Phi) is 6.51. The van der Waals surface area contributed by atoms with Gasteiger partial charge in [0.05, 0.1) is 19.1 Å². The average molecular weight is 485 g/mol. The minimum Gasteiger partial charge on any atom is -0.493 e. The van der Waals surface area contributed by atoms with Crippen molar-refractivity contribution in [3.8, 4) is 23.0 Å². The second kappa shape index (κ2) is 9.52. The first-order chi connectivity index (χ1) is 16.3. The number of sulfonamides is 1. The van der Waals surface area contributed by atoms with Crippen molar-refractivity contribution < 1.29 is 32.2 Å². The van der Waals surface area contributed by atoms with Gasteiger partial charge in [-0.2, -0.15) is 0 Å². The molecule has 0 saturated heterocycles. The fourth-order valence-corrected chi connectivity index (χ4v) is 4.50. The Morgan fingerprint density at radius 3 is 2.24 bits per heavy atom. The molecule has 0 unspecified atom stereocenters. The van der Waals surface area contributed by atoms with Crippen LogP contribution in [0, 0.1) is 0 Å². The lowest BCUT2D eigenvalue weighted by Gasteiger charge is -2.20. The lowest BCUT2D eigenvalue weighted by atomic mass is 10.1. The smallest absolute Gasteiger partial charge is 0.262 e. The van der Waals surface area contributed by atoms with Crippen LogP contribution in [0.15, 0.2) is 65.6 Å². The normalized spacial score (nSPS) is 12.6. The van der Waals surface area contributed by atoms with Crippen LogP contribution in [0.3, 0.4) is 0 Å². The highest BCUT2D eigenvalue weighted by Crippen LogP contribution is 2.33. The van der Waals surface area contributed by atoms with Gasteiger partial charge in [0.2, 0.25) is 0 Å². The van der Waals surface area contributed by atoms with Crippen molar-refractivity contribution in [3.63, 3.8) is 0 Å². The monoisotopic (exact) mass is 484 g/mol. The number of hydrogen-bond acceptors (Lipinski definition) is 7. The lowest BCUT2D eigenvalue weighted by Crippen LogP contribution is -2.26. The van der Waals surface area contributed by atoms with E-state index in [0.717, 1.165) is 0 Å². The van der Waals surface area contributed by atoms with Crippen molar-refractivity contribution in [2.24, 2.45) is 0 Å². The molecule has 0 radical (unpaired) electrons. The molecular weight excluding hydrogens is 460 g/mol. The van der Waals surface area contributed by atoms with Gasteiger partial charge >= 0.3 is 0 Å². The summed E-state index contributed by atoms with van der Waals surface area (Å²) in [6.45, 7) is 0.779. The van der Waals surface area contributed by atoms with E-state index in [1.807, 2.05) is 0 Å². The minimum atomic E-state index is -3.86. The van der Waals surface area contributed by atoms with E-state index in [1.54, 1.807) is 43.4 Å². The Balaban J connectivity index is 1.49. The molecule has 3 aromatic rings. The Labute approximate surface area is 197 Å². The number of methoxy groups -OCH3 is 2. The summed E-state index contributed by atoms with van der Waals surface area (Å²) in [5.74, 6) is 1.68. The average Bonchev–Trinajstić information content (AvgIpc) is 2.87. The maximum absolute atomic E-state index is 12.9. The van der Waals surface area contributed by atoms with E-state index in [0.29, 0.717) is 53.2 Å². The molecule has 10 heteroatoms. The Morgan fingerprint density at radius 1 is 0.882 bits per heavy atom. The number of rotatable bonds is 7. The van der Waals surface area contributed by atoms with Gasteiger partial charge in [0.25, 0.3) is 15.9 Å². The molecule has 1 aliphatic heterocycles. The largest absolute Gasteiger partial charge is 0.493 e. The maximum atomic E-state index is 12.9. The molecule has 1 amide bonds. The molecule has 0 saturated carbocycles. The summed E-state index contributed by atoms with van der Waals surface area (Å²) < 4.78 is 49.6. The molecular formula is C24H24N2O7S. The fraction of sp³-hybridized carbons (Fsp3) is 0.208. The van der Waals surface area contributed by atoms with Gasteiger partial charge < -0.3 is 23.8 Å². The van der Waals surface area contributed by atoms with E-state index in [9.17, 15) is 13.2 Å². The predicted molar refractivity (Wildman–Crippen MR) is 127 cm³/mol. The molecule has 34 heavy (non-hydrogen) atoms. The number of ether oxygens (including phenoxy) is 4. The van der Waals surface area contributed by atoms with Gasteiger partial charge in [0.1, 0.15) is 13.2 Å². The van der Waals surface area contributed by atoms with Crippen molar-refractivity contribution >= 4 is 27.3 Å². The molecule has 1 aliphatic rings. The summed E-state index contributed by atoms with van der Waals surface area (Å²) >= 11 is 0. The molecule has 3 aromatic carbocycles. The number of carbonyl (C=O) groups is 1. The first kappa shape index (κ1) is 23.2. The third-order valence-electron chi connectivity index (χ3n) is 5.27. The highest BCUT2D eigenvalue weighted by molar-refractivity contribution is 7.92. The number of nitrogens with zero attached hydrogens (tertiary/aromatic N) is 1. The Bertz CT molecular complexity index is 1310. The first-order valence-electron chi connectivity index (χ1n) is 10.3. The lowest BCUT2D eigenvalue weighted by molar-refractivity contribution is 0.0993. The number of hydrogen-bond donors (Lipinski definition) is 1. The predicted octanol–water partition coefficient (Wildman–Crippen LogP) is 3.55. The van der Waals surface area contributed by atoms with Gasteiger partial charge in [-0.25, -0.2) is 8.42 Å². The van der Waals surface area contributed by atoms with Crippen LogP contribution in [0.5, 0.6) is 23.0 Å².